The number of likely N-dealkylation sites (tertiary alicyclic amines) is 1. The van der Waals surface area contributed by atoms with Gasteiger partial charge in [-0.2, -0.15) is 13.2 Å². The molecule has 2 aromatic rings. The molecule has 0 bridgehead atoms. The normalized spacial score (nSPS) is 17.6. The largest absolute Gasteiger partial charge is 0.459 e. The Morgan fingerprint density at radius 1 is 1.31 bits per heavy atom. The Balaban J connectivity index is 1.68. The highest BCUT2D eigenvalue weighted by Crippen LogP contribution is 2.32. The summed E-state index contributed by atoms with van der Waals surface area (Å²) in [7, 11) is 0. The molecule has 2 amide bonds. The Morgan fingerprint density at radius 2 is 2.04 bits per heavy atom. The number of carbonyl (C=O) groups excluding carboxylic acids is 2. The van der Waals surface area contributed by atoms with Gasteiger partial charge in [0.1, 0.15) is 0 Å². The third-order valence-electron chi connectivity index (χ3n) is 4.30. The van der Waals surface area contributed by atoms with Crippen molar-refractivity contribution in [1.29, 1.82) is 0 Å². The first kappa shape index (κ1) is 18.0. The fraction of sp³-hybridized carbons (Fsp3) is 0.333. The van der Waals surface area contributed by atoms with Gasteiger partial charge in [0.15, 0.2) is 5.76 Å². The van der Waals surface area contributed by atoms with Crippen LogP contribution in [0.15, 0.2) is 41.0 Å². The van der Waals surface area contributed by atoms with Crippen molar-refractivity contribution in [3.05, 3.63) is 59.0 Å². The van der Waals surface area contributed by atoms with Crippen molar-refractivity contribution in [3.63, 3.8) is 0 Å². The van der Waals surface area contributed by atoms with Crippen molar-refractivity contribution >= 4 is 11.8 Å². The van der Waals surface area contributed by atoms with Crippen LogP contribution >= 0.6 is 0 Å². The number of alkyl halides is 3. The molecule has 138 valence electrons. The number of amides is 2. The number of rotatable bonds is 4. The van der Waals surface area contributed by atoms with Crippen LogP contribution in [0.4, 0.5) is 13.2 Å². The molecule has 0 unspecified atom stereocenters. The predicted molar refractivity (Wildman–Crippen MR) is 86.2 cm³/mol. The van der Waals surface area contributed by atoms with Crippen LogP contribution in [0.2, 0.25) is 0 Å². The highest BCUT2D eigenvalue weighted by molar-refractivity contribution is 5.93. The lowest BCUT2D eigenvalue weighted by Crippen LogP contribution is -2.37. The summed E-state index contributed by atoms with van der Waals surface area (Å²) in [5.41, 5.74) is -0.0588. The Morgan fingerprint density at radius 3 is 2.69 bits per heavy atom. The molecule has 1 aliphatic heterocycles. The summed E-state index contributed by atoms with van der Waals surface area (Å²) < 4.78 is 44.4. The summed E-state index contributed by atoms with van der Waals surface area (Å²) in [6.45, 7) is 1.72. The maximum Gasteiger partial charge on any atom is 0.416 e. The van der Waals surface area contributed by atoms with Crippen LogP contribution in [-0.2, 0) is 17.5 Å². The van der Waals surface area contributed by atoms with Gasteiger partial charge in [0.2, 0.25) is 5.91 Å². The molecule has 0 saturated carbocycles. The molecule has 26 heavy (non-hydrogen) atoms. The molecule has 1 aromatic heterocycles. The Hall–Kier alpha value is -2.77. The number of aryl methyl sites for hydroxylation is 1. The number of nitrogens with one attached hydrogen (secondary N) is 1. The second-order valence-corrected chi connectivity index (χ2v) is 6.24. The minimum atomic E-state index is -4.48. The van der Waals surface area contributed by atoms with Crippen LogP contribution in [0.1, 0.15) is 33.7 Å². The quantitative estimate of drug-likeness (QED) is 0.904. The Kier molecular flexibility index (Phi) is 4.76. The van der Waals surface area contributed by atoms with Gasteiger partial charge in [-0.1, -0.05) is 18.2 Å². The van der Waals surface area contributed by atoms with Crippen molar-refractivity contribution in [2.24, 2.45) is 0 Å². The van der Waals surface area contributed by atoms with E-state index in [-0.39, 0.29) is 36.7 Å². The zero-order chi connectivity index (χ0) is 18.9. The topological polar surface area (TPSA) is 62.6 Å². The molecule has 1 aromatic carbocycles. The average molecular weight is 366 g/mol. The maximum atomic E-state index is 13.1. The highest BCUT2D eigenvalue weighted by atomic mass is 19.4. The van der Waals surface area contributed by atoms with E-state index in [1.165, 1.54) is 29.4 Å². The van der Waals surface area contributed by atoms with Crippen molar-refractivity contribution in [3.8, 4) is 0 Å². The molecule has 3 rings (SSSR count). The Bertz CT molecular complexity index is 829. The number of hydrogen-bond donors (Lipinski definition) is 1. The van der Waals surface area contributed by atoms with E-state index >= 15 is 0 Å². The van der Waals surface area contributed by atoms with E-state index in [1.54, 1.807) is 13.0 Å². The molecule has 1 saturated heterocycles. The van der Waals surface area contributed by atoms with Gasteiger partial charge < -0.3 is 14.6 Å². The number of hydrogen-bond acceptors (Lipinski definition) is 3. The van der Waals surface area contributed by atoms with Gasteiger partial charge in [-0.15, -0.1) is 0 Å². The zero-order valence-electron chi connectivity index (χ0n) is 14.0. The lowest BCUT2D eigenvalue weighted by Gasteiger charge is -2.20. The first-order chi connectivity index (χ1) is 12.3. The van der Waals surface area contributed by atoms with Gasteiger partial charge in [-0.05, 0) is 24.6 Å². The lowest BCUT2D eigenvalue weighted by atomic mass is 10.1. The molecule has 0 spiro atoms. The second kappa shape index (κ2) is 6.86. The minimum absolute atomic E-state index is 0.0298. The van der Waals surface area contributed by atoms with E-state index in [4.69, 9.17) is 4.42 Å². The molecular formula is C18H17F3N2O3. The van der Waals surface area contributed by atoms with Gasteiger partial charge in [0, 0.05) is 25.1 Å². The smallest absolute Gasteiger partial charge is 0.416 e. The summed E-state index contributed by atoms with van der Waals surface area (Å²) in [6, 6.07) is 6.34. The van der Waals surface area contributed by atoms with E-state index in [0.29, 0.717) is 5.56 Å². The molecule has 1 aliphatic rings. The number of halogens is 3. The first-order valence-electron chi connectivity index (χ1n) is 8.03. The highest BCUT2D eigenvalue weighted by Gasteiger charge is 2.36. The van der Waals surface area contributed by atoms with Gasteiger partial charge >= 0.3 is 6.18 Å². The van der Waals surface area contributed by atoms with Gasteiger partial charge in [0.05, 0.1) is 17.9 Å². The van der Waals surface area contributed by atoms with E-state index in [9.17, 15) is 22.8 Å². The van der Waals surface area contributed by atoms with E-state index < -0.39 is 23.7 Å². The van der Waals surface area contributed by atoms with Crippen molar-refractivity contribution in [2.45, 2.75) is 32.1 Å². The zero-order valence-corrected chi connectivity index (χ0v) is 14.0. The fourth-order valence-corrected chi connectivity index (χ4v) is 3.02. The molecule has 1 atom stereocenters. The Labute approximate surface area is 147 Å². The summed E-state index contributed by atoms with van der Waals surface area (Å²) in [5.74, 6) is -0.579. The SMILES string of the molecule is Cc1ccoc1C(=O)N[C@@H]1CC(=O)N(Cc2ccccc2C(F)(F)F)C1. The predicted octanol–water partition coefficient (Wildman–Crippen LogP) is 3.14. The lowest BCUT2D eigenvalue weighted by molar-refractivity contribution is -0.139. The third kappa shape index (κ3) is 3.74. The van der Waals surface area contributed by atoms with Crippen molar-refractivity contribution < 1.29 is 27.2 Å². The average Bonchev–Trinajstić information content (AvgIpc) is 3.13. The first-order valence-corrected chi connectivity index (χ1v) is 8.03. The fourth-order valence-electron chi connectivity index (χ4n) is 3.02. The van der Waals surface area contributed by atoms with Crippen LogP contribution in [0.25, 0.3) is 0 Å². The van der Waals surface area contributed by atoms with Crippen LogP contribution in [-0.4, -0.2) is 29.3 Å². The maximum absolute atomic E-state index is 13.1. The van der Waals surface area contributed by atoms with Gasteiger partial charge in [0.25, 0.3) is 5.91 Å². The number of nitrogens with zero attached hydrogens (tertiary/aromatic N) is 1. The molecule has 1 fully saturated rings. The van der Waals surface area contributed by atoms with Crippen LogP contribution < -0.4 is 5.32 Å². The van der Waals surface area contributed by atoms with E-state index in [2.05, 4.69) is 5.32 Å². The molecule has 5 nitrogen and oxygen atoms in total. The number of carbonyl (C=O) groups is 2. The number of benzene rings is 1. The van der Waals surface area contributed by atoms with Gasteiger partial charge in [-0.25, -0.2) is 0 Å². The molecule has 0 aliphatic carbocycles. The molecular weight excluding hydrogens is 349 g/mol. The summed E-state index contributed by atoms with van der Waals surface area (Å²) in [6.07, 6.45) is -3.05. The number of furan rings is 1. The van der Waals surface area contributed by atoms with Crippen LogP contribution in [0, 0.1) is 6.92 Å². The third-order valence-corrected chi connectivity index (χ3v) is 4.30. The molecule has 1 N–H and O–H groups in total. The standard InChI is InChI=1S/C18H17F3N2O3/c1-11-6-7-26-16(11)17(25)22-13-8-15(24)23(10-13)9-12-4-2-3-5-14(12)18(19,20)21/h2-7,13H,8-10H2,1H3,(H,22,25)/t13-/m1/s1. The summed E-state index contributed by atoms with van der Waals surface area (Å²) in [5, 5.41) is 2.70. The molecule has 0 radical (unpaired) electrons. The molecule has 8 heteroatoms. The van der Waals surface area contributed by atoms with Crippen molar-refractivity contribution in [2.75, 3.05) is 6.54 Å². The second-order valence-electron chi connectivity index (χ2n) is 6.24. The van der Waals surface area contributed by atoms with E-state index in [0.717, 1.165) is 6.07 Å². The van der Waals surface area contributed by atoms with Gasteiger partial charge in [-0.3, -0.25) is 9.59 Å². The molecule has 2 heterocycles. The summed E-state index contributed by atoms with van der Waals surface area (Å²) in [4.78, 5) is 25.6. The van der Waals surface area contributed by atoms with E-state index in [1.807, 2.05) is 0 Å². The van der Waals surface area contributed by atoms with Crippen LogP contribution in [0.3, 0.4) is 0 Å². The minimum Gasteiger partial charge on any atom is -0.459 e. The van der Waals surface area contributed by atoms with Crippen LogP contribution in [0.5, 0.6) is 0 Å². The monoisotopic (exact) mass is 366 g/mol. The summed E-state index contributed by atoms with van der Waals surface area (Å²) >= 11 is 0. The van der Waals surface area contributed by atoms with Crippen molar-refractivity contribution in [1.82, 2.24) is 10.2 Å².